The summed E-state index contributed by atoms with van der Waals surface area (Å²) in [4.78, 5) is 12.5. The van der Waals surface area contributed by atoms with Gasteiger partial charge in [-0.25, -0.2) is 9.48 Å². The monoisotopic (exact) mass is 365 g/mol. The Bertz CT molecular complexity index is 931. The standard InChI is InChI=1S/C19H23N7O/c1-13(15-6-3-4-7-17(15)26-11-5-10-20-26)21-19(27)22-14-8-9-18-16(12-14)23-24-25(18)2/h3-7,10-11,13-14H,8-9,12H2,1-2H3,(H2,21,22,27). The molecule has 2 N–H and O–H groups in total. The zero-order chi connectivity index (χ0) is 18.8. The molecule has 0 saturated heterocycles. The lowest BCUT2D eigenvalue weighted by molar-refractivity contribution is 0.232. The predicted molar refractivity (Wildman–Crippen MR) is 100 cm³/mol. The number of aromatic nitrogens is 5. The number of hydrogen-bond acceptors (Lipinski definition) is 4. The lowest BCUT2D eigenvalue weighted by Crippen LogP contribution is -2.45. The van der Waals surface area contributed by atoms with Crippen LogP contribution in [-0.2, 0) is 19.9 Å². The summed E-state index contributed by atoms with van der Waals surface area (Å²) in [5.74, 6) is 0. The molecule has 2 unspecified atom stereocenters. The van der Waals surface area contributed by atoms with Gasteiger partial charge in [-0.05, 0) is 37.5 Å². The first-order chi connectivity index (χ1) is 13.1. The van der Waals surface area contributed by atoms with Crippen LogP contribution in [0.2, 0.25) is 0 Å². The van der Waals surface area contributed by atoms with E-state index in [-0.39, 0.29) is 18.1 Å². The van der Waals surface area contributed by atoms with E-state index in [0.29, 0.717) is 0 Å². The van der Waals surface area contributed by atoms with E-state index in [4.69, 9.17) is 0 Å². The highest BCUT2D eigenvalue weighted by molar-refractivity contribution is 5.75. The van der Waals surface area contributed by atoms with Crippen LogP contribution in [-0.4, -0.2) is 36.8 Å². The van der Waals surface area contributed by atoms with Gasteiger partial charge < -0.3 is 10.6 Å². The van der Waals surface area contributed by atoms with Crippen molar-refractivity contribution in [1.29, 1.82) is 0 Å². The molecule has 140 valence electrons. The van der Waals surface area contributed by atoms with Gasteiger partial charge in [-0.15, -0.1) is 5.10 Å². The van der Waals surface area contributed by atoms with Crippen molar-refractivity contribution in [1.82, 2.24) is 35.4 Å². The number of amides is 2. The maximum absolute atomic E-state index is 12.5. The molecule has 0 fully saturated rings. The Hall–Kier alpha value is -3.16. The number of rotatable bonds is 4. The number of para-hydroxylation sites is 1. The Kier molecular flexibility index (Phi) is 4.62. The van der Waals surface area contributed by atoms with E-state index in [9.17, 15) is 4.79 Å². The van der Waals surface area contributed by atoms with E-state index in [1.54, 1.807) is 6.20 Å². The van der Waals surface area contributed by atoms with Crippen LogP contribution < -0.4 is 10.6 Å². The number of aryl methyl sites for hydroxylation is 1. The molecular formula is C19H23N7O. The molecule has 4 rings (SSSR count). The van der Waals surface area contributed by atoms with E-state index in [1.165, 1.54) is 0 Å². The molecule has 1 aromatic carbocycles. The van der Waals surface area contributed by atoms with Crippen molar-refractivity contribution in [3.05, 3.63) is 59.7 Å². The number of fused-ring (bicyclic) bond motifs is 1. The molecule has 2 atom stereocenters. The van der Waals surface area contributed by atoms with Gasteiger partial charge in [0.2, 0.25) is 0 Å². The number of urea groups is 1. The summed E-state index contributed by atoms with van der Waals surface area (Å²) in [7, 11) is 1.91. The van der Waals surface area contributed by atoms with Crippen LogP contribution in [0, 0.1) is 0 Å². The normalized spacial score (nSPS) is 17.2. The third-order valence-electron chi connectivity index (χ3n) is 5.03. The van der Waals surface area contributed by atoms with Gasteiger partial charge in [-0.1, -0.05) is 23.4 Å². The van der Waals surface area contributed by atoms with Crippen LogP contribution in [0.3, 0.4) is 0 Å². The second-order valence-electron chi connectivity index (χ2n) is 6.90. The van der Waals surface area contributed by atoms with Crippen molar-refractivity contribution in [2.24, 2.45) is 7.05 Å². The van der Waals surface area contributed by atoms with Crippen LogP contribution >= 0.6 is 0 Å². The maximum Gasteiger partial charge on any atom is 0.315 e. The maximum atomic E-state index is 12.5. The lowest BCUT2D eigenvalue weighted by atomic mass is 9.96. The average Bonchev–Trinajstić information content (AvgIpc) is 3.32. The largest absolute Gasteiger partial charge is 0.335 e. The van der Waals surface area contributed by atoms with Crippen molar-refractivity contribution >= 4 is 6.03 Å². The van der Waals surface area contributed by atoms with Crippen molar-refractivity contribution in [3.63, 3.8) is 0 Å². The van der Waals surface area contributed by atoms with Gasteiger partial charge in [0.25, 0.3) is 0 Å². The van der Waals surface area contributed by atoms with Crippen LogP contribution in [0.4, 0.5) is 4.79 Å². The summed E-state index contributed by atoms with van der Waals surface area (Å²) in [6.07, 6.45) is 6.12. The SMILES string of the molecule is CC(NC(=O)NC1CCc2c(nnn2C)C1)c1ccccc1-n1cccn1. The molecule has 8 nitrogen and oxygen atoms in total. The highest BCUT2D eigenvalue weighted by Gasteiger charge is 2.25. The first kappa shape index (κ1) is 17.3. The number of benzene rings is 1. The summed E-state index contributed by atoms with van der Waals surface area (Å²) >= 11 is 0. The minimum Gasteiger partial charge on any atom is -0.335 e. The van der Waals surface area contributed by atoms with Gasteiger partial charge in [-0.3, -0.25) is 4.68 Å². The minimum absolute atomic E-state index is 0.0720. The fourth-order valence-corrected chi connectivity index (χ4v) is 3.63. The highest BCUT2D eigenvalue weighted by Crippen LogP contribution is 2.21. The average molecular weight is 365 g/mol. The van der Waals surface area contributed by atoms with Crippen molar-refractivity contribution in [2.75, 3.05) is 0 Å². The van der Waals surface area contributed by atoms with Crippen LogP contribution in [0.15, 0.2) is 42.7 Å². The molecule has 1 aliphatic carbocycles. The molecule has 0 spiro atoms. The molecule has 1 aliphatic rings. The first-order valence-electron chi connectivity index (χ1n) is 9.15. The Morgan fingerprint density at radius 1 is 1.30 bits per heavy atom. The quantitative estimate of drug-likeness (QED) is 0.739. The summed E-state index contributed by atoms with van der Waals surface area (Å²) < 4.78 is 3.63. The third-order valence-corrected chi connectivity index (χ3v) is 5.03. The van der Waals surface area contributed by atoms with Gasteiger partial charge >= 0.3 is 6.03 Å². The molecule has 3 aromatic rings. The predicted octanol–water partition coefficient (Wildman–Crippen LogP) is 1.92. The fraction of sp³-hybridized carbons (Fsp3) is 0.368. The fourth-order valence-electron chi connectivity index (χ4n) is 3.63. The molecule has 2 amide bonds. The van der Waals surface area contributed by atoms with Gasteiger partial charge in [0, 0.05) is 31.9 Å². The van der Waals surface area contributed by atoms with Crippen molar-refractivity contribution in [3.8, 4) is 5.69 Å². The van der Waals surface area contributed by atoms with Crippen molar-refractivity contribution < 1.29 is 4.79 Å². The van der Waals surface area contributed by atoms with Crippen LogP contribution in [0.1, 0.15) is 36.3 Å². The smallest absolute Gasteiger partial charge is 0.315 e. The lowest BCUT2D eigenvalue weighted by Gasteiger charge is -2.24. The molecule has 0 aliphatic heterocycles. The summed E-state index contributed by atoms with van der Waals surface area (Å²) in [6.45, 7) is 1.98. The minimum atomic E-state index is -0.171. The second-order valence-corrected chi connectivity index (χ2v) is 6.90. The van der Waals surface area contributed by atoms with Gasteiger partial charge in [0.1, 0.15) is 0 Å². The number of carbonyl (C=O) groups excluding carboxylic acids is 1. The van der Waals surface area contributed by atoms with Crippen molar-refractivity contribution in [2.45, 2.75) is 38.3 Å². The number of nitrogens with one attached hydrogen (secondary N) is 2. The zero-order valence-corrected chi connectivity index (χ0v) is 15.5. The molecule has 0 saturated carbocycles. The summed E-state index contributed by atoms with van der Waals surface area (Å²) in [6, 6.07) is 9.57. The van der Waals surface area contributed by atoms with E-state index in [1.807, 2.05) is 59.9 Å². The molecule has 27 heavy (non-hydrogen) atoms. The molecule has 0 radical (unpaired) electrons. The van der Waals surface area contributed by atoms with E-state index < -0.39 is 0 Å². The molecule has 8 heteroatoms. The Labute approximate surface area is 157 Å². The highest BCUT2D eigenvalue weighted by atomic mass is 16.2. The second kappa shape index (κ2) is 7.22. The Balaban J connectivity index is 1.41. The summed E-state index contributed by atoms with van der Waals surface area (Å²) in [5.41, 5.74) is 4.11. The van der Waals surface area contributed by atoms with E-state index >= 15 is 0 Å². The van der Waals surface area contributed by atoms with Gasteiger partial charge in [-0.2, -0.15) is 5.10 Å². The molecule has 2 heterocycles. The number of carbonyl (C=O) groups is 1. The van der Waals surface area contributed by atoms with Gasteiger partial charge in [0.05, 0.1) is 23.1 Å². The Morgan fingerprint density at radius 3 is 2.96 bits per heavy atom. The molecular weight excluding hydrogens is 342 g/mol. The topological polar surface area (TPSA) is 89.7 Å². The van der Waals surface area contributed by atoms with Gasteiger partial charge in [0.15, 0.2) is 0 Å². The third kappa shape index (κ3) is 3.55. The number of nitrogens with zero attached hydrogens (tertiary/aromatic N) is 5. The zero-order valence-electron chi connectivity index (χ0n) is 15.5. The molecule has 2 aromatic heterocycles. The van der Waals surface area contributed by atoms with E-state index in [2.05, 4.69) is 26.0 Å². The van der Waals surface area contributed by atoms with Crippen LogP contribution in [0.25, 0.3) is 5.69 Å². The first-order valence-corrected chi connectivity index (χ1v) is 9.15. The molecule has 0 bridgehead atoms. The summed E-state index contributed by atoms with van der Waals surface area (Å²) in [5, 5.41) is 18.7. The van der Waals surface area contributed by atoms with Crippen LogP contribution in [0.5, 0.6) is 0 Å². The number of hydrogen-bond donors (Lipinski definition) is 2. The Morgan fingerprint density at radius 2 is 2.15 bits per heavy atom. The van der Waals surface area contributed by atoms with E-state index in [0.717, 1.165) is 41.9 Å².